The molecule has 1 saturated heterocycles. The van der Waals surface area contributed by atoms with Crippen LogP contribution in [0.15, 0.2) is 36.0 Å². The summed E-state index contributed by atoms with van der Waals surface area (Å²) in [5.41, 5.74) is 0.995. The third kappa shape index (κ3) is 3.01. The Bertz CT molecular complexity index is 708. The maximum Gasteiger partial charge on any atom is 0.322 e. The number of hydrogen-bond donors (Lipinski definition) is 3. The summed E-state index contributed by atoms with van der Waals surface area (Å²) in [6, 6.07) is 4.46. The standard InChI is InChI=1S/C14H14N4O3S/c19-11(7-10-12(20)17-14(21)16-10)15-8-9-3-6-22-13(9)18-4-1-2-5-18/h1-6,10H,7-8H2,(H,15,19)(H2,16,17,20,21)/t10-/m0/s1. The van der Waals surface area contributed by atoms with Crippen LogP contribution in [0.25, 0.3) is 5.00 Å². The van der Waals surface area contributed by atoms with Gasteiger partial charge in [0.1, 0.15) is 11.0 Å². The van der Waals surface area contributed by atoms with Crippen LogP contribution in [-0.4, -0.2) is 28.5 Å². The van der Waals surface area contributed by atoms with Crippen LogP contribution in [0.2, 0.25) is 0 Å². The van der Waals surface area contributed by atoms with E-state index in [9.17, 15) is 14.4 Å². The van der Waals surface area contributed by atoms with E-state index in [1.165, 1.54) is 0 Å². The number of carbonyl (C=O) groups excluding carboxylic acids is 3. The Morgan fingerprint density at radius 2 is 2.09 bits per heavy atom. The lowest BCUT2D eigenvalue weighted by molar-refractivity contribution is -0.126. The smallest absolute Gasteiger partial charge is 0.322 e. The highest BCUT2D eigenvalue weighted by atomic mass is 32.1. The molecule has 7 nitrogen and oxygen atoms in total. The molecule has 1 atom stereocenters. The minimum Gasteiger partial charge on any atom is -0.352 e. The van der Waals surface area contributed by atoms with Gasteiger partial charge in [-0.2, -0.15) is 0 Å². The van der Waals surface area contributed by atoms with E-state index in [-0.39, 0.29) is 12.3 Å². The molecule has 1 fully saturated rings. The summed E-state index contributed by atoms with van der Waals surface area (Å²) in [6.07, 6.45) is 3.81. The van der Waals surface area contributed by atoms with Gasteiger partial charge in [-0.15, -0.1) is 11.3 Å². The van der Waals surface area contributed by atoms with Gasteiger partial charge in [0, 0.05) is 24.5 Å². The number of amides is 4. The van der Waals surface area contributed by atoms with E-state index in [2.05, 4.69) is 16.0 Å². The first kappa shape index (κ1) is 14.3. The highest BCUT2D eigenvalue weighted by molar-refractivity contribution is 7.12. The molecule has 0 bridgehead atoms. The molecule has 22 heavy (non-hydrogen) atoms. The van der Waals surface area contributed by atoms with Crippen molar-refractivity contribution < 1.29 is 14.4 Å². The van der Waals surface area contributed by atoms with Crippen molar-refractivity contribution in [3.05, 3.63) is 41.5 Å². The molecule has 2 aromatic rings. The Balaban J connectivity index is 1.57. The summed E-state index contributed by atoms with van der Waals surface area (Å²) in [6.45, 7) is 0.373. The van der Waals surface area contributed by atoms with E-state index in [1.807, 2.05) is 40.5 Å². The quantitative estimate of drug-likeness (QED) is 0.711. The van der Waals surface area contributed by atoms with E-state index in [0.717, 1.165) is 10.6 Å². The van der Waals surface area contributed by atoms with E-state index >= 15 is 0 Å². The maximum absolute atomic E-state index is 11.9. The number of nitrogens with zero attached hydrogens (tertiary/aromatic N) is 1. The van der Waals surface area contributed by atoms with Crippen LogP contribution in [0.5, 0.6) is 0 Å². The third-order valence-electron chi connectivity index (χ3n) is 3.29. The van der Waals surface area contributed by atoms with E-state index in [0.29, 0.717) is 6.54 Å². The van der Waals surface area contributed by atoms with Crippen LogP contribution in [0.1, 0.15) is 12.0 Å². The Morgan fingerprint density at radius 1 is 1.32 bits per heavy atom. The van der Waals surface area contributed by atoms with Crippen molar-refractivity contribution in [2.24, 2.45) is 0 Å². The molecule has 1 aliphatic rings. The zero-order valence-corrected chi connectivity index (χ0v) is 12.4. The van der Waals surface area contributed by atoms with Crippen molar-refractivity contribution in [1.82, 2.24) is 20.5 Å². The van der Waals surface area contributed by atoms with Gasteiger partial charge >= 0.3 is 6.03 Å². The lowest BCUT2D eigenvalue weighted by Crippen LogP contribution is -2.36. The first-order valence-corrected chi connectivity index (χ1v) is 7.59. The summed E-state index contributed by atoms with van der Waals surface area (Å²) < 4.78 is 1.98. The number of rotatable bonds is 5. The minimum atomic E-state index is -0.793. The molecule has 4 amide bonds. The average molecular weight is 318 g/mol. The van der Waals surface area contributed by atoms with Crippen LogP contribution >= 0.6 is 11.3 Å². The first-order chi connectivity index (χ1) is 10.6. The van der Waals surface area contributed by atoms with Crippen molar-refractivity contribution >= 4 is 29.2 Å². The molecule has 0 saturated carbocycles. The van der Waals surface area contributed by atoms with Crippen LogP contribution in [0, 0.1) is 0 Å². The fourth-order valence-corrected chi connectivity index (χ4v) is 3.11. The number of thiophene rings is 1. The summed E-state index contributed by atoms with van der Waals surface area (Å²) in [7, 11) is 0. The summed E-state index contributed by atoms with van der Waals surface area (Å²) in [5.74, 6) is -0.754. The van der Waals surface area contributed by atoms with E-state index in [1.54, 1.807) is 11.3 Å². The Labute approximate surface area is 130 Å². The van der Waals surface area contributed by atoms with Gasteiger partial charge < -0.3 is 15.2 Å². The molecule has 8 heteroatoms. The van der Waals surface area contributed by atoms with Gasteiger partial charge in [0.2, 0.25) is 5.91 Å². The maximum atomic E-state index is 11.9. The fourth-order valence-electron chi connectivity index (χ4n) is 2.21. The predicted molar refractivity (Wildman–Crippen MR) is 80.6 cm³/mol. The van der Waals surface area contributed by atoms with Gasteiger partial charge in [-0.3, -0.25) is 14.9 Å². The molecule has 3 rings (SSSR count). The normalized spacial score (nSPS) is 17.2. The molecule has 0 unspecified atom stereocenters. The van der Waals surface area contributed by atoms with Gasteiger partial charge in [-0.05, 0) is 23.6 Å². The molecule has 0 radical (unpaired) electrons. The lowest BCUT2D eigenvalue weighted by atomic mass is 10.2. The number of urea groups is 1. The fraction of sp³-hybridized carbons (Fsp3) is 0.214. The molecular formula is C14H14N4O3S. The molecule has 3 N–H and O–H groups in total. The van der Waals surface area contributed by atoms with Crippen LogP contribution < -0.4 is 16.0 Å². The second-order valence-electron chi connectivity index (χ2n) is 4.84. The molecule has 0 spiro atoms. The number of nitrogens with one attached hydrogen (secondary N) is 3. The van der Waals surface area contributed by atoms with Gasteiger partial charge in [0.15, 0.2) is 0 Å². The number of aromatic nitrogens is 1. The number of hydrogen-bond acceptors (Lipinski definition) is 4. The first-order valence-electron chi connectivity index (χ1n) is 6.71. The summed E-state index contributed by atoms with van der Waals surface area (Å²) in [5, 5.41) is 10.3. The monoisotopic (exact) mass is 318 g/mol. The van der Waals surface area contributed by atoms with Gasteiger partial charge in [-0.25, -0.2) is 4.79 Å². The van der Waals surface area contributed by atoms with Crippen molar-refractivity contribution in [2.45, 2.75) is 19.0 Å². The Morgan fingerprint density at radius 3 is 2.77 bits per heavy atom. The minimum absolute atomic E-state index is 0.0689. The molecule has 114 valence electrons. The second-order valence-corrected chi connectivity index (χ2v) is 5.73. The number of imide groups is 1. The Hall–Kier alpha value is -2.61. The molecule has 2 aromatic heterocycles. The lowest BCUT2D eigenvalue weighted by Gasteiger charge is -2.09. The van der Waals surface area contributed by atoms with Crippen molar-refractivity contribution in [3.8, 4) is 5.00 Å². The zero-order chi connectivity index (χ0) is 15.5. The summed E-state index contributed by atoms with van der Waals surface area (Å²) >= 11 is 1.58. The molecule has 3 heterocycles. The van der Waals surface area contributed by atoms with Crippen LogP contribution in [-0.2, 0) is 16.1 Å². The largest absolute Gasteiger partial charge is 0.352 e. The van der Waals surface area contributed by atoms with Crippen LogP contribution in [0.3, 0.4) is 0 Å². The van der Waals surface area contributed by atoms with E-state index < -0.39 is 18.0 Å². The summed E-state index contributed by atoms with van der Waals surface area (Å²) in [4.78, 5) is 34.3. The van der Waals surface area contributed by atoms with Gasteiger partial charge in [-0.1, -0.05) is 0 Å². The SMILES string of the molecule is O=C(C[C@@H]1NC(=O)NC1=O)NCc1ccsc1-n1cccc1. The molecular weight excluding hydrogens is 304 g/mol. The van der Waals surface area contributed by atoms with Crippen molar-refractivity contribution in [1.29, 1.82) is 0 Å². The Kier molecular flexibility index (Phi) is 3.92. The predicted octanol–water partition coefficient (Wildman–Crippen LogP) is 0.753. The highest BCUT2D eigenvalue weighted by Gasteiger charge is 2.31. The topological polar surface area (TPSA) is 92.2 Å². The third-order valence-corrected chi connectivity index (χ3v) is 4.26. The van der Waals surface area contributed by atoms with Gasteiger partial charge in [0.25, 0.3) is 5.91 Å². The zero-order valence-electron chi connectivity index (χ0n) is 11.5. The average Bonchev–Trinajstić information content (AvgIpc) is 3.18. The molecule has 0 aliphatic carbocycles. The van der Waals surface area contributed by atoms with Gasteiger partial charge in [0.05, 0.1) is 6.42 Å². The molecule has 0 aromatic carbocycles. The van der Waals surface area contributed by atoms with Crippen LogP contribution in [0.4, 0.5) is 4.79 Å². The van der Waals surface area contributed by atoms with Crippen molar-refractivity contribution in [2.75, 3.05) is 0 Å². The van der Waals surface area contributed by atoms with E-state index in [4.69, 9.17) is 0 Å². The highest BCUT2D eigenvalue weighted by Crippen LogP contribution is 2.21. The molecule has 1 aliphatic heterocycles. The van der Waals surface area contributed by atoms with Crippen molar-refractivity contribution in [3.63, 3.8) is 0 Å². The second kappa shape index (κ2) is 6.02. The number of carbonyl (C=O) groups is 3.